The second-order valence-electron chi connectivity index (χ2n) is 6.98. The molecule has 1 aromatic carbocycles. The van der Waals surface area contributed by atoms with Gasteiger partial charge in [-0.1, -0.05) is 30.3 Å². The third-order valence-electron chi connectivity index (χ3n) is 4.86. The molecule has 1 saturated heterocycles. The summed E-state index contributed by atoms with van der Waals surface area (Å²) in [5.41, 5.74) is 2.49. The quantitative estimate of drug-likeness (QED) is 0.415. The summed E-state index contributed by atoms with van der Waals surface area (Å²) >= 11 is 1.46. The molecule has 2 N–H and O–H groups in total. The second-order valence-corrected chi connectivity index (χ2v) is 7.93. The highest BCUT2D eigenvalue weighted by Gasteiger charge is 2.25. The van der Waals surface area contributed by atoms with Crippen molar-refractivity contribution in [1.29, 1.82) is 0 Å². The van der Waals surface area contributed by atoms with Gasteiger partial charge in [-0.25, -0.2) is 0 Å². The SMILES string of the molecule is CCNC(=NCCCNC(=O)c1cccs1)N1CCOC(c2ccccc2C)C1. The van der Waals surface area contributed by atoms with Crippen LogP contribution in [0, 0.1) is 6.92 Å². The van der Waals surface area contributed by atoms with Crippen LogP contribution in [-0.4, -0.2) is 56.1 Å². The molecular weight excluding hydrogens is 384 g/mol. The first kappa shape index (κ1) is 21.3. The molecule has 3 rings (SSSR count). The van der Waals surface area contributed by atoms with Gasteiger partial charge in [0.05, 0.1) is 18.0 Å². The van der Waals surface area contributed by atoms with E-state index in [-0.39, 0.29) is 12.0 Å². The maximum absolute atomic E-state index is 12.0. The Morgan fingerprint density at radius 3 is 2.90 bits per heavy atom. The second kappa shape index (κ2) is 11.0. The van der Waals surface area contributed by atoms with Gasteiger partial charge in [-0.05, 0) is 42.8 Å². The summed E-state index contributed by atoms with van der Waals surface area (Å²) < 4.78 is 6.04. The number of carbonyl (C=O) groups is 1. The Morgan fingerprint density at radius 1 is 1.28 bits per heavy atom. The predicted octanol–water partition coefficient (Wildman–Crippen LogP) is 3.22. The molecule has 1 unspecified atom stereocenters. The van der Waals surface area contributed by atoms with Crippen molar-refractivity contribution in [1.82, 2.24) is 15.5 Å². The molecule has 0 bridgehead atoms. The first-order valence-electron chi connectivity index (χ1n) is 10.2. The van der Waals surface area contributed by atoms with Gasteiger partial charge in [0.25, 0.3) is 5.91 Å². The minimum atomic E-state index is -0.00913. The molecule has 1 aromatic heterocycles. The van der Waals surface area contributed by atoms with Crippen molar-refractivity contribution in [3.63, 3.8) is 0 Å². The Kier molecular flexibility index (Phi) is 8.07. The van der Waals surface area contributed by atoms with Gasteiger partial charge in [-0.15, -0.1) is 11.3 Å². The minimum absolute atomic E-state index is 0.00913. The van der Waals surface area contributed by atoms with Crippen molar-refractivity contribution in [2.75, 3.05) is 39.3 Å². The van der Waals surface area contributed by atoms with E-state index in [4.69, 9.17) is 9.73 Å². The van der Waals surface area contributed by atoms with Crippen LogP contribution in [0.15, 0.2) is 46.8 Å². The van der Waals surface area contributed by atoms with E-state index in [1.807, 2.05) is 17.5 Å². The monoisotopic (exact) mass is 414 g/mol. The first-order valence-corrected chi connectivity index (χ1v) is 11.1. The fraction of sp³-hybridized carbons (Fsp3) is 0.455. The average Bonchev–Trinajstić information content (AvgIpc) is 3.28. The molecule has 0 aliphatic carbocycles. The number of amides is 1. The molecule has 2 heterocycles. The first-order chi connectivity index (χ1) is 14.2. The van der Waals surface area contributed by atoms with E-state index < -0.39 is 0 Å². The van der Waals surface area contributed by atoms with Crippen LogP contribution >= 0.6 is 11.3 Å². The summed E-state index contributed by atoms with van der Waals surface area (Å²) in [5.74, 6) is 0.907. The highest BCUT2D eigenvalue weighted by Crippen LogP contribution is 2.25. The van der Waals surface area contributed by atoms with E-state index in [9.17, 15) is 4.79 Å². The van der Waals surface area contributed by atoms with Crippen LogP contribution in [0.1, 0.15) is 40.2 Å². The molecule has 7 heteroatoms. The zero-order chi connectivity index (χ0) is 20.5. The predicted molar refractivity (Wildman–Crippen MR) is 119 cm³/mol. The van der Waals surface area contributed by atoms with E-state index >= 15 is 0 Å². The summed E-state index contributed by atoms with van der Waals surface area (Å²) in [4.78, 5) is 19.8. The van der Waals surface area contributed by atoms with Crippen LogP contribution in [0.5, 0.6) is 0 Å². The third kappa shape index (κ3) is 6.05. The van der Waals surface area contributed by atoms with Crippen LogP contribution in [0.25, 0.3) is 0 Å². The lowest BCUT2D eigenvalue weighted by molar-refractivity contribution is -0.00832. The number of benzene rings is 1. The number of carbonyl (C=O) groups excluding carboxylic acids is 1. The average molecular weight is 415 g/mol. The normalized spacial score (nSPS) is 17.2. The number of nitrogens with one attached hydrogen (secondary N) is 2. The van der Waals surface area contributed by atoms with Crippen LogP contribution in [0.3, 0.4) is 0 Å². The highest BCUT2D eigenvalue weighted by atomic mass is 32.1. The van der Waals surface area contributed by atoms with Gasteiger partial charge in [-0.2, -0.15) is 0 Å². The number of hydrogen-bond acceptors (Lipinski definition) is 4. The number of hydrogen-bond donors (Lipinski definition) is 2. The Hall–Kier alpha value is -2.38. The number of ether oxygens (including phenoxy) is 1. The molecule has 2 aromatic rings. The number of nitrogens with zero attached hydrogens (tertiary/aromatic N) is 2. The van der Waals surface area contributed by atoms with Gasteiger partial charge in [0, 0.05) is 26.2 Å². The molecular formula is C22H30N4O2S. The molecule has 1 aliphatic rings. The zero-order valence-corrected chi connectivity index (χ0v) is 18.0. The van der Waals surface area contributed by atoms with E-state index in [0.29, 0.717) is 19.7 Å². The topological polar surface area (TPSA) is 66.0 Å². The summed E-state index contributed by atoms with van der Waals surface area (Å²) in [6, 6.07) is 12.1. The molecule has 1 atom stereocenters. The number of aryl methyl sites for hydroxylation is 1. The van der Waals surface area contributed by atoms with E-state index in [0.717, 1.165) is 36.9 Å². The molecule has 1 fully saturated rings. The molecule has 0 spiro atoms. The van der Waals surface area contributed by atoms with Gasteiger partial charge in [-0.3, -0.25) is 9.79 Å². The van der Waals surface area contributed by atoms with Crippen LogP contribution in [0.4, 0.5) is 0 Å². The Labute approximate surface area is 177 Å². The van der Waals surface area contributed by atoms with E-state index in [1.54, 1.807) is 0 Å². The summed E-state index contributed by atoms with van der Waals surface area (Å²) in [6.07, 6.45) is 0.858. The van der Waals surface area contributed by atoms with Gasteiger partial charge < -0.3 is 20.3 Å². The fourth-order valence-electron chi connectivity index (χ4n) is 3.36. The fourth-order valence-corrected chi connectivity index (χ4v) is 4.00. The van der Waals surface area contributed by atoms with Crippen molar-refractivity contribution in [3.8, 4) is 0 Å². The lowest BCUT2D eigenvalue weighted by atomic mass is 10.0. The molecule has 1 amide bonds. The van der Waals surface area contributed by atoms with Gasteiger partial charge in [0.1, 0.15) is 6.10 Å². The van der Waals surface area contributed by atoms with Crippen LogP contribution in [0.2, 0.25) is 0 Å². The van der Waals surface area contributed by atoms with Crippen molar-refractivity contribution in [3.05, 3.63) is 57.8 Å². The highest BCUT2D eigenvalue weighted by molar-refractivity contribution is 7.12. The molecule has 6 nitrogen and oxygen atoms in total. The summed E-state index contributed by atoms with van der Waals surface area (Å²) in [5, 5.41) is 8.26. The minimum Gasteiger partial charge on any atom is -0.370 e. The van der Waals surface area contributed by atoms with Crippen molar-refractivity contribution >= 4 is 23.2 Å². The lowest BCUT2D eigenvalue weighted by Crippen LogP contribution is -2.48. The molecule has 156 valence electrons. The largest absolute Gasteiger partial charge is 0.370 e. The summed E-state index contributed by atoms with van der Waals surface area (Å²) in [7, 11) is 0. The van der Waals surface area contributed by atoms with Gasteiger partial charge >= 0.3 is 0 Å². The number of rotatable bonds is 7. The van der Waals surface area contributed by atoms with Crippen molar-refractivity contribution in [2.45, 2.75) is 26.4 Å². The van der Waals surface area contributed by atoms with Gasteiger partial charge in [0.2, 0.25) is 0 Å². The Morgan fingerprint density at radius 2 is 2.14 bits per heavy atom. The molecule has 1 aliphatic heterocycles. The Balaban J connectivity index is 1.52. The van der Waals surface area contributed by atoms with Crippen LogP contribution in [-0.2, 0) is 4.74 Å². The van der Waals surface area contributed by atoms with Crippen molar-refractivity contribution < 1.29 is 9.53 Å². The zero-order valence-electron chi connectivity index (χ0n) is 17.2. The number of guanidine groups is 1. The standard InChI is InChI=1S/C22H30N4O2S/c1-3-23-22(25-12-7-11-24-21(27)20-10-6-15-29-20)26-13-14-28-19(16-26)18-9-5-4-8-17(18)2/h4-6,8-10,15,19H,3,7,11-14,16H2,1-2H3,(H,23,25)(H,24,27). The summed E-state index contributed by atoms with van der Waals surface area (Å²) in [6.45, 7) is 8.60. The lowest BCUT2D eigenvalue weighted by Gasteiger charge is -2.35. The number of aliphatic imine (C=N–C) groups is 1. The number of thiophene rings is 1. The number of morpholine rings is 1. The van der Waals surface area contributed by atoms with Gasteiger partial charge in [0.15, 0.2) is 5.96 Å². The smallest absolute Gasteiger partial charge is 0.261 e. The van der Waals surface area contributed by atoms with Crippen LogP contribution < -0.4 is 10.6 Å². The molecule has 0 saturated carbocycles. The third-order valence-corrected chi connectivity index (χ3v) is 5.73. The molecule has 0 radical (unpaired) electrons. The van der Waals surface area contributed by atoms with E-state index in [1.165, 1.54) is 22.5 Å². The Bertz CT molecular complexity index is 807. The maximum Gasteiger partial charge on any atom is 0.261 e. The van der Waals surface area contributed by atoms with Crippen molar-refractivity contribution in [2.24, 2.45) is 4.99 Å². The van der Waals surface area contributed by atoms with E-state index in [2.05, 4.69) is 53.6 Å². The molecule has 29 heavy (non-hydrogen) atoms. The maximum atomic E-state index is 12.0.